The zero-order valence-corrected chi connectivity index (χ0v) is 5.33. The zero-order chi connectivity index (χ0) is 5.41. The van der Waals surface area contributed by atoms with E-state index in [2.05, 4.69) is 33.1 Å². The first-order valence-electron chi connectivity index (χ1n) is 2.08. The van der Waals surface area contributed by atoms with Crippen LogP contribution in [0.25, 0.3) is 0 Å². The molecule has 1 heteroatoms. The van der Waals surface area contributed by atoms with Crippen LogP contribution in [-0.2, 0) is 0 Å². The molecule has 6 heavy (non-hydrogen) atoms. The Hall–Kier alpha value is 0.0900. The summed E-state index contributed by atoms with van der Waals surface area (Å²) in [5.41, 5.74) is 0. The normalized spacial score (nSPS) is 5.17. The maximum atomic E-state index is 3.55. The predicted molar refractivity (Wildman–Crippen MR) is 35.1 cm³/mol. The van der Waals surface area contributed by atoms with Gasteiger partial charge in [-0.15, -0.1) is 0 Å². The van der Waals surface area contributed by atoms with E-state index in [0.29, 0.717) is 0 Å². The summed E-state index contributed by atoms with van der Waals surface area (Å²) in [6.07, 6.45) is 1.25. The Bertz CT molecular complexity index is 17.9. The highest BCUT2D eigenvalue weighted by molar-refractivity contribution is 7.83. The topological polar surface area (TPSA) is 0 Å². The number of thiol groups is 1. The van der Waals surface area contributed by atoms with E-state index in [9.17, 15) is 0 Å². The van der Waals surface area contributed by atoms with Crippen LogP contribution in [0, 0.1) is 0 Å². The van der Waals surface area contributed by atoms with E-state index in [1.54, 1.807) is 0 Å². The van der Waals surface area contributed by atoms with Crippen molar-refractivity contribution >= 4 is 12.6 Å². The van der Waals surface area contributed by atoms with Gasteiger partial charge in [0.05, 0.1) is 0 Å². The fraction of sp³-hybridized carbons (Fsp3) is 0.600. The molecule has 0 bridgehead atoms. The maximum Gasteiger partial charge on any atom is -0.0396 e. The highest BCUT2D eigenvalue weighted by Crippen LogP contribution is 1.58. The first-order chi connectivity index (χ1) is 2.83. The van der Waals surface area contributed by atoms with Gasteiger partial charge in [-0.1, -0.05) is 26.8 Å². The number of hydrogen-bond donors (Lipinski definition) is 1. The van der Waals surface area contributed by atoms with Gasteiger partial charge in [0.2, 0.25) is 0 Å². The molecule has 0 saturated carbocycles. The van der Waals surface area contributed by atoms with Crippen LogP contribution in [0.3, 0.4) is 0 Å². The molecule has 0 fully saturated rings. The number of rotatable bonds is 0. The minimum absolute atomic E-state index is 1.25. The van der Waals surface area contributed by atoms with Crippen molar-refractivity contribution in [2.24, 2.45) is 0 Å². The van der Waals surface area contributed by atoms with Crippen LogP contribution < -0.4 is 0 Å². The van der Waals surface area contributed by atoms with Crippen molar-refractivity contribution in [2.75, 3.05) is 0 Å². The summed E-state index contributed by atoms with van der Waals surface area (Å²) in [6.45, 7) is 7.48. The highest BCUT2D eigenvalue weighted by atomic mass is 32.1. The zero-order valence-electron chi connectivity index (χ0n) is 4.44. The van der Waals surface area contributed by atoms with Crippen molar-refractivity contribution < 1.29 is 0 Å². The molecule has 0 atom stereocenters. The van der Waals surface area contributed by atoms with E-state index in [4.69, 9.17) is 0 Å². The van der Waals surface area contributed by atoms with Crippen LogP contribution in [-0.4, -0.2) is 0 Å². The Balaban J connectivity index is 0. The first kappa shape index (κ1) is 9.43. The third-order valence-electron chi connectivity index (χ3n) is 0. The summed E-state index contributed by atoms with van der Waals surface area (Å²) in [7, 11) is 0. The van der Waals surface area contributed by atoms with Gasteiger partial charge in [0.25, 0.3) is 0 Å². The molecule has 0 aliphatic rings. The first-order valence-corrected chi connectivity index (χ1v) is 2.60. The molecule has 0 aliphatic heterocycles. The van der Waals surface area contributed by atoms with Gasteiger partial charge in [0.1, 0.15) is 0 Å². The monoisotopic (exact) mass is 104 g/mol. The predicted octanol–water partition coefficient (Wildman–Crippen LogP) is 2.48. The second kappa shape index (κ2) is 19.5. The summed E-state index contributed by atoms with van der Waals surface area (Å²) < 4.78 is 0. The van der Waals surface area contributed by atoms with Crippen molar-refractivity contribution in [3.8, 4) is 0 Å². The quantitative estimate of drug-likeness (QED) is 0.448. The van der Waals surface area contributed by atoms with Crippen molar-refractivity contribution in [3.05, 3.63) is 12.0 Å². The summed E-state index contributed by atoms with van der Waals surface area (Å²) >= 11 is 3.55. The molecule has 0 saturated heterocycles. The molecule has 0 aromatic heterocycles. The fourth-order valence-electron chi connectivity index (χ4n) is 0. The molecule has 0 aromatic carbocycles. The van der Waals surface area contributed by atoms with Gasteiger partial charge in [-0.2, -0.15) is 12.6 Å². The maximum absolute atomic E-state index is 3.55. The SMILES string of the molecule is C=CS.CCC. The molecule has 0 rings (SSSR count). The van der Waals surface area contributed by atoms with E-state index in [-0.39, 0.29) is 0 Å². The van der Waals surface area contributed by atoms with Crippen LogP contribution in [0.2, 0.25) is 0 Å². The van der Waals surface area contributed by atoms with E-state index in [0.717, 1.165) is 0 Å². The molecule has 0 amide bonds. The molecule has 0 radical (unpaired) electrons. The van der Waals surface area contributed by atoms with E-state index in [1.165, 1.54) is 11.8 Å². The second-order valence-corrected chi connectivity index (χ2v) is 1.25. The summed E-state index contributed by atoms with van der Waals surface area (Å²) in [6, 6.07) is 0. The number of hydrogen-bond acceptors (Lipinski definition) is 1. The van der Waals surface area contributed by atoms with Crippen molar-refractivity contribution in [2.45, 2.75) is 20.3 Å². The van der Waals surface area contributed by atoms with E-state index < -0.39 is 0 Å². The summed E-state index contributed by atoms with van der Waals surface area (Å²) in [5, 5.41) is 1.44. The molecule has 38 valence electrons. The smallest absolute Gasteiger partial charge is 0.0396 e. The Morgan fingerprint density at radius 1 is 1.67 bits per heavy atom. The van der Waals surface area contributed by atoms with Gasteiger partial charge >= 0.3 is 0 Å². The molecule has 0 N–H and O–H groups in total. The van der Waals surface area contributed by atoms with Crippen LogP contribution in [0.1, 0.15) is 20.3 Å². The third-order valence-corrected chi connectivity index (χ3v) is 0. The third kappa shape index (κ3) is 4820. The Morgan fingerprint density at radius 3 is 1.67 bits per heavy atom. The van der Waals surface area contributed by atoms with Crippen LogP contribution >= 0.6 is 12.6 Å². The minimum atomic E-state index is 1.25. The average molecular weight is 104 g/mol. The Kier molecular flexibility index (Phi) is 30.6. The Labute approximate surface area is 45.7 Å². The molecular weight excluding hydrogens is 92.1 g/mol. The fourth-order valence-corrected chi connectivity index (χ4v) is 0. The molecule has 0 heterocycles. The molecule has 0 aliphatic carbocycles. The van der Waals surface area contributed by atoms with Gasteiger partial charge in [0, 0.05) is 0 Å². The van der Waals surface area contributed by atoms with Crippen LogP contribution in [0.4, 0.5) is 0 Å². The second-order valence-electron chi connectivity index (χ2n) is 0.890. The minimum Gasteiger partial charge on any atom is -0.152 e. The molecule has 0 nitrogen and oxygen atoms in total. The lowest BCUT2D eigenvalue weighted by molar-refractivity contribution is 1.09. The highest BCUT2D eigenvalue weighted by Gasteiger charge is 1.35. The van der Waals surface area contributed by atoms with E-state index in [1.807, 2.05) is 0 Å². The van der Waals surface area contributed by atoms with Gasteiger partial charge in [-0.3, -0.25) is 0 Å². The largest absolute Gasteiger partial charge is 0.152 e. The molecule has 0 unspecified atom stereocenters. The lowest BCUT2D eigenvalue weighted by Crippen LogP contribution is -1.27. The molecule has 0 spiro atoms. The Morgan fingerprint density at radius 2 is 1.67 bits per heavy atom. The van der Waals surface area contributed by atoms with Crippen LogP contribution in [0.15, 0.2) is 12.0 Å². The van der Waals surface area contributed by atoms with Gasteiger partial charge in [-0.05, 0) is 5.41 Å². The summed E-state index contributed by atoms with van der Waals surface area (Å²) in [4.78, 5) is 0. The van der Waals surface area contributed by atoms with Crippen LogP contribution in [0.5, 0.6) is 0 Å². The average Bonchev–Trinajstić information content (AvgIpc) is 1.39. The van der Waals surface area contributed by atoms with Crippen molar-refractivity contribution in [1.82, 2.24) is 0 Å². The molecular formula is C5H12S. The van der Waals surface area contributed by atoms with E-state index >= 15 is 0 Å². The standard InChI is InChI=1S/C3H8.C2H4S/c1-3-2;1-2-3/h3H2,1-2H3;2-3H,1H2. The van der Waals surface area contributed by atoms with Gasteiger partial charge in [0.15, 0.2) is 0 Å². The summed E-state index contributed by atoms with van der Waals surface area (Å²) in [5.74, 6) is 0. The van der Waals surface area contributed by atoms with Gasteiger partial charge in [-0.25, -0.2) is 0 Å². The lowest BCUT2D eigenvalue weighted by Gasteiger charge is -1.48. The lowest BCUT2D eigenvalue weighted by atomic mass is 10.6. The van der Waals surface area contributed by atoms with Gasteiger partial charge < -0.3 is 0 Å². The van der Waals surface area contributed by atoms with Crippen molar-refractivity contribution in [1.29, 1.82) is 0 Å². The van der Waals surface area contributed by atoms with Crippen molar-refractivity contribution in [3.63, 3.8) is 0 Å². The molecule has 0 aromatic rings.